The quantitative estimate of drug-likeness (QED) is 0.844. The molecule has 116 valence electrons. The summed E-state index contributed by atoms with van der Waals surface area (Å²) in [6.45, 7) is 8.97. The van der Waals surface area contributed by atoms with Crippen LogP contribution in [0.1, 0.15) is 27.9 Å². The fourth-order valence-corrected chi connectivity index (χ4v) is 5.72. The molecular formula is C13H19N3O2S3. The molecule has 5 nitrogen and oxygen atoms in total. The molecule has 2 rings (SSSR count). The zero-order valence-corrected chi connectivity index (χ0v) is 14.9. The molecule has 21 heavy (non-hydrogen) atoms. The first-order valence-corrected chi connectivity index (χ1v) is 9.77. The second kappa shape index (κ2) is 6.43. The Bertz CT molecular complexity index is 712. The van der Waals surface area contributed by atoms with Gasteiger partial charge in [-0.2, -0.15) is 0 Å². The van der Waals surface area contributed by atoms with E-state index in [9.17, 15) is 8.42 Å². The SMILES string of the molecule is CCNCc1scc(C)c1S(=O)(=O)Nc1nc(C)c(C)s1. The van der Waals surface area contributed by atoms with Crippen molar-refractivity contribution in [3.63, 3.8) is 0 Å². The Morgan fingerprint density at radius 3 is 2.57 bits per heavy atom. The zero-order valence-electron chi connectivity index (χ0n) is 12.5. The minimum atomic E-state index is -3.60. The summed E-state index contributed by atoms with van der Waals surface area (Å²) < 4.78 is 27.8. The van der Waals surface area contributed by atoms with Gasteiger partial charge in [0.15, 0.2) is 5.13 Å². The van der Waals surface area contributed by atoms with Crippen LogP contribution in [0.3, 0.4) is 0 Å². The molecule has 0 bridgehead atoms. The topological polar surface area (TPSA) is 71.1 Å². The van der Waals surface area contributed by atoms with Crippen LogP contribution < -0.4 is 10.0 Å². The maximum atomic E-state index is 12.6. The van der Waals surface area contributed by atoms with Gasteiger partial charge in [-0.25, -0.2) is 13.4 Å². The molecule has 0 spiro atoms. The number of aryl methyl sites for hydroxylation is 3. The number of hydrogen-bond acceptors (Lipinski definition) is 6. The fourth-order valence-electron chi connectivity index (χ4n) is 1.89. The van der Waals surface area contributed by atoms with Gasteiger partial charge in [-0.3, -0.25) is 4.72 Å². The Labute approximate surface area is 133 Å². The lowest BCUT2D eigenvalue weighted by molar-refractivity contribution is 0.599. The highest BCUT2D eigenvalue weighted by molar-refractivity contribution is 7.93. The Morgan fingerprint density at radius 2 is 2.00 bits per heavy atom. The average molecular weight is 346 g/mol. The van der Waals surface area contributed by atoms with E-state index in [0.717, 1.165) is 27.6 Å². The van der Waals surface area contributed by atoms with Crippen LogP contribution in [0.25, 0.3) is 0 Å². The maximum absolute atomic E-state index is 12.6. The van der Waals surface area contributed by atoms with Crippen LogP contribution in [-0.4, -0.2) is 19.9 Å². The summed E-state index contributed by atoms with van der Waals surface area (Å²) in [5, 5.41) is 5.47. The normalized spacial score (nSPS) is 11.8. The number of rotatable bonds is 6. The minimum Gasteiger partial charge on any atom is -0.312 e. The lowest BCUT2D eigenvalue weighted by atomic mass is 10.3. The van der Waals surface area contributed by atoms with Crippen LogP contribution in [0.5, 0.6) is 0 Å². The minimum absolute atomic E-state index is 0.374. The molecule has 0 aliphatic rings. The van der Waals surface area contributed by atoms with E-state index in [1.165, 1.54) is 22.7 Å². The zero-order chi connectivity index (χ0) is 15.6. The summed E-state index contributed by atoms with van der Waals surface area (Å²) in [5.74, 6) is 0. The van der Waals surface area contributed by atoms with Gasteiger partial charge in [0.25, 0.3) is 10.0 Å². The van der Waals surface area contributed by atoms with Crippen molar-refractivity contribution >= 4 is 37.8 Å². The summed E-state index contributed by atoms with van der Waals surface area (Å²) in [7, 11) is -3.60. The van der Waals surface area contributed by atoms with E-state index >= 15 is 0 Å². The number of thiazole rings is 1. The van der Waals surface area contributed by atoms with Crippen molar-refractivity contribution in [2.24, 2.45) is 0 Å². The van der Waals surface area contributed by atoms with Crippen molar-refractivity contribution in [2.75, 3.05) is 11.3 Å². The predicted octanol–water partition coefficient (Wildman–Crippen LogP) is 3.04. The third-order valence-corrected chi connectivity index (χ3v) is 6.96. The predicted molar refractivity (Wildman–Crippen MR) is 88.8 cm³/mol. The third-order valence-electron chi connectivity index (χ3n) is 3.04. The largest absolute Gasteiger partial charge is 0.312 e. The number of anilines is 1. The van der Waals surface area contributed by atoms with Gasteiger partial charge in [-0.05, 0) is 38.3 Å². The van der Waals surface area contributed by atoms with Gasteiger partial charge in [-0.15, -0.1) is 22.7 Å². The van der Waals surface area contributed by atoms with Crippen LogP contribution in [0, 0.1) is 20.8 Å². The van der Waals surface area contributed by atoms with Crippen LogP contribution >= 0.6 is 22.7 Å². The highest BCUT2D eigenvalue weighted by Gasteiger charge is 2.24. The average Bonchev–Trinajstić information content (AvgIpc) is 2.90. The van der Waals surface area contributed by atoms with Crippen molar-refractivity contribution in [3.05, 3.63) is 26.4 Å². The van der Waals surface area contributed by atoms with Crippen molar-refractivity contribution in [3.8, 4) is 0 Å². The molecule has 0 radical (unpaired) electrons. The second-order valence-electron chi connectivity index (χ2n) is 4.72. The molecule has 0 saturated carbocycles. The highest BCUT2D eigenvalue weighted by Crippen LogP contribution is 2.30. The molecule has 0 aliphatic heterocycles. The molecule has 0 saturated heterocycles. The molecule has 2 heterocycles. The molecule has 0 amide bonds. The van der Waals surface area contributed by atoms with E-state index in [2.05, 4.69) is 15.0 Å². The van der Waals surface area contributed by atoms with Gasteiger partial charge < -0.3 is 5.32 Å². The van der Waals surface area contributed by atoms with Gasteiger partial charge in [0, 0.05) is 16.3 Å². The summed E-state index contributed by atoms with van der Waals surface area (Å²) in [6, 6.07) is 0. The van der Waals surface area contributed by atoms with E-state index in [0.29, 0.717) is 16.6 Å². The van der Waals surface area contributed by atoms with Crippen LogP contribution in [0.4, 0.5) is 5.13 Å². The van der Waals surface area contributed by atoms with E-state index < -0.39 is 10.0 Å². The number of aromatic nitrogens is 1. The van der Waals surface area contributed by atoms with Crippen LogP contribution in [0.15, 0.2) is 10.3 Å². The lowest BCUT2D eigenvalue weighted by Gasteiger charge is -2.08. The Kier molecular flexibility index (Phi) is 5.03. The van der Waals surface area contributed by atoms with Gasteiger partial charge >= 0.3 is 0 Å². The molecular weight excluding hydrogens is 326 g/mol. The van der Waals surface area contributed by atoms with Crippen molar-refractivity contribution in [2.45, 2.75) is 39.1 Å². The van der Waals surface area contributed by atoms with E-state index in [1.54, 1.807) is 0 Å². The van der Waals surface area contributed by atoms with Gasteiger partial charge in [-0.1, -0.05) is 6.92 Å². The molecule has 0 aromatic carbocycles. The van der Waals surface area contributed by atoms with Crippen molar-refractivity contribution in [1.82, 2.24) is 10.3 Å². The number of hydrogen-bond donors (Lipinski definition) is 2. The number of thiophene rings is 1. The third kappa shape index (κ3) is 3.63. The summed E-state index contributed by atoms with van der Waals surface area (Å²) >= 11 is 2.82. The van der Waals surface area contributed by atoms with Gasteiger partial charge in [0.05, 0.1) is 5.69 Å². The first-order chi connectivity index (χ1) is 9.85. The molecule has 8 heteroatoms. The molecule has 0 aliphatic carbocycles. The van der Waals surface area contributed by atoms with Crippen LogP contribution in [0.2, 0.25) is 0 Å². The molecule has 2 N–H and O–H groups in total. The fraction of sp³-hybridized carbons (Fsp3) is 0.462. The summed E-state index contributed by atoms with van der Waals surface area (Å²) in [6.07, 6.45) is 0. The number of nitrogens with zero attached hydrogens (tertiary/aromatic N) is 1. The first kappa shape index (κ1) is 16.4. The first-order valence-electron chi connectivity index (χ1n) is 6.59. The van der Waals surface area contributed by atoms with Gasteiger partial charge in [0.1, 0.15) is 4.90 Å². The van der Waals surface area contributed by atoms with Crippen LogP contribution in [-0.2, 0) is 16.6 Å². The van der Waals surface area contributed by atoms with Crippen molar-refractivity contribution < 1.29 is 8.42 Å². The number of nitrogens with one attached hydrogen (secondary N) is 2. The van der Waals surface area contributed by atoms with Crippen molar-refractivity contribution in [1.29, 1.82) is 0 Å². The summed E-state index contributed by atoms with van der Waals surface area (Å²) in [5.41, 5.74) is 1.62. The smallest absolute Gasteiger partial charge is 0.265 e. The Hall–Kier alpha value is -0.960. The monoisotopic (exact) mass is 345 g/mol. The molecule has 2 aromatic heterocycles. The Balaban J connectivity index is 2.33. The molecule has 0 unspecified atom stereocenters. The van der Waals surface area contributed by atoms with E-state index in [4.69, 9.17) is 0 Å². The second-order valence-corrected chi connectivity index (χ2v) is 8.50. The van der Waals surface area contributed by atoms with E-state index in [-0.39, 0.29) is 0 Å². The Morgan fingerprint density at radius 1 is 1.29 bits per heavy atom. The standard InChI is InChI=1S/C13H19N3O2S3/c1-5-14-6-11-12(8(2)7-19-11)21(17,18)16-13-15-9(3)10(4)20-13/h7,14H,5-6H2,1-4H3,(H,15,16). The number of sulfonamides is 1. The molecule has 0 fully saturated rings. The molecule has 2 aromatic rings. The van der Waals surface area contributed by atoms with E-state index in [1.807, 2.05) is 33.1 Å². The van der Waals surface area contributed by atoms with Gasteiger partial charge in [0.2, 0.25) is 0 Å². The molecule has 0 atom stereocenters. The maximum Gasteiger partial charge on any atom is 0.265 e. The lowest BCUT2D eigenvalue weighted by Crippen LogP contribution is -2.18. The summed E-state index contributed by atoms with van der Waals surface area (Å²) in [4.78, 5) is 6.46. The highest BCUT2D eigenvalue weighted by atomic mass is 32.2.